The molecule has 1 saturated heterocycles. The van der Waals surface area contributed by atoms with Crippen LogP contribution in [0.4, 0.5) is 4.39 Å². The van der Waals surface area contributed by atoms with E-state index in [1.165, 1.54) is 44.2 Å². The molecule has 5 rings (SSSR count). The first-order chi connectivity index (χ1) is 16.3. The summed E-state index contributed by atoms with van der Waals surface area (Å²) in [6, 6.07) is 18.3. The van der Waals surface area contributed by atoms with E-state index in [0.29, 0.717) is 0 Å². The van der Waals surface area contributed by atoms with Crippen LogP contribution in [0.2, 0.25) is 0 Å². The summed E-state index contributed by atoms with van der Waals surface area (Å²) in [5.74, 6) is 0.807. The van der Waals surface area contributed by atoms with Gasteiger partial charge in [0.2, 0.25) is 0 Å². The van der Waals surface area contributed by atoms with Crippen LogP contribution in [0.1, 0.15) is 55.1 Å². The maximum absolute atomic E-state index is 13.6. The Morgan fingerprint density at radius 1 is 0.848 bits per heavy atom. The van der Waals surface area contributed by atoms with Crippen LogP contribution in [0.15, 0.2) is 60.9 Å². The summed E-state index contributed by atoms with van der Waals surface area (Å²) in [6.07, 6.45) is 9.28. The largest absolute Gasteiger partial charge is 0.312 e. The van der Waals surface area contributed by atoms with E-state index in [-0.39, 0.29) is 11.9 Å². The van der Waals surface area contributed by atoms with Crippen molar-refractivity contribution in [2.24, 2.45) is 0 Å². The van der Waals surface area contributed by atoms with Crippen molar-refractivity contribution >= 4 is 0 Å². The van der Waals surface area contributed by atoms with Crippen LogP contribution in [0, 0.1) is 5.82 Å². The molecule has 1 saturated carbocycles. The normalized spacial score (nSPS) is 19.5. The molecule has 174 valence electrons. The molecule has 33 heavy (non-hydrogen) atoms. The average molecular weight is 448 g/mol. The molecule has 2 fully saturated rings. The van der Waals surface area contributed by atoms with Gasteiger partial charge < -0.3 is 4.57 Å². The fourth-order valence-corrected chi connectivity index (χ4v) is 5.55. The summed E-state index contributed by atoms with van der Waals surface area (Å²) in [4.78, 5) is 5.31. The summed E-state index contributed by atoms with van der Waals surface area (Å²) < 4.78 is 15.7. The average Bonchev–Trinajstić information content (AvgIpc) is 3.48. The number of halogens is 1. The van der Waals surface area contributed by atoms with Gasteiger partial charge in [0.1, 0.15) is 12.1 Å². The molecule has 0 bridgehead atoms. The van der Waals surface area contributed by atoms with Gasteiger partial charge in [0.05, 0.1) is 12.6 Å². The Balaban J connectivity index is 1.39. The zero-order valence-corrected chi connectivity index (χ0v) is 19.3. The number of benzene rings is 2. The molecule has 1 aliphatic heterocycles. The third-order valence-corrected chi connectivity index (χ3v) is 7.33. The fraction of sp³-hybridized carbons (Fsp3) is 0.481. The lowest BCUT2D eigenvalue weighted by atomic mass is 10.0. The van der Waals surface area contributed by atoms with E-state index in [1.54, 1.807) is 12.1 Å². The molecule has 2 aliphatic rings. The molecule has 1 unspecified atom stereocenters. The highest BCUT2D eigenvalue weighted by Crippen LogP contribution is 2.29. The van der Waals surface area contributed by atoms with E-state index < -0.39 is 0 Å². The van der Waals surface area contributed by atoms with Crippen LogP contribution in [0.25, 0.3) is 0 Å². The van der Waals surface area contributed by atoms with E-state index >= 15 is 0 Å². The van der Waals surface area contributed by atoms with Gasteiger partial charge in [-0.05, 0) is 55.5 Å². The van der Waals surface area contributed by atoms with Gasteiger partial charge in [-0.3, -0.25) is 9.80 Å². The van der Waals surface area contributed by atoms with E-state index in [4.69, 9.17) is 0 Å². The van der Waals surface area contributed by atoms with Gasteiger partial charge in [0.15, 0.2) is 5.82 Å². The summed E-state index contributed by atoms with van der Waals surface area (Å²) in [5, 5.41) is 8.92. The third-order valence-electron chi connectivity index (χ3n) is 7.33. The first-order valence-electron chi connectivity index (χ1n) is 12.4. The van der Waals surface area contributed by atoms with Gasteiger partial charge in [-0.25, -0.2) is 4.39 Å². The van der Waals surface area contributed by atoms with Crippen molar-refractivity contribution in [1.29, 1.82) is 0 Å². The molecule has 2 heterocycles. The molecule has 1 atom stereocenters. The lowest BCUT2D eigenvalue weighted by molar-refractivity contribution is 0.170. The maximum atomic E-state index is 13.6. The molecule has 2 aromatic carbocycles. The second kappa shape index (κ2) is 10.6. The van der Waals surface area contributed by atoms with Crippen molar-refractivity contribution in [3.63, 3.8) is 0 Å². The van der Waals surface area contributed by atoms with Crippen LogP contribution in [0.3, 0.4) is 0 Å². The van der Waals surface area contributed by atoms with Crippen LogP contribution < -0.4 is 0 Å². The van der Waals surface area contributed by atoms with Gasteiger partial charge in [-0.1, -0.05) is 55.3 Å². The van der Waals surface area contributed by atoms with Crippen molar-refractivity contribution < 1.29 is 4.39 Å². The Morgan fingerprint density at radius 2 is 1.64 bits per heavy atom. The third kappa shape index (κ3) is 5.50. The Kier molecular flexibility index (Phi) is 7.12. The monoisotopic (exact) mass is 447 g/mol. The van der Waals surface area contributed by atoms with Gasteiger partial charge in [-0.15, -0.1) is 10.2 Å². The topological polar surface area (TPSA) is 37.2 Å². The molecule has 1 aromatic heterocycles. The Bertz CT molecular complexity index is 997. The minimum Gasteiger partial charge on any atom is -0.312 e. The lowest BCUT2D eigenvalue weighted by Crippen LogP contribution is -2.38. The zero-order chi connectivity index (χ0) is 22.5. The first-order valence-corrected chi connectivity index (χ1v) is 12.4. The summed E-state index contributed by atoms with van der Waals surface area (Å²) >= 11 is 0. The number of nitrogens with zero attached hydrogens (tertiary/aromatic N) is 5. The van der Waals surface area contributed by atoms with Gasteiger partial charge in [0, 0.05) is 25.7 Å². The smallest absolute Gasteiger partial charge is 0.150 e. The Morgan fingerprint density at radius 3 is 2.42 bits per heavy atom. The molecular weight excluding hydrogens is 413 g/mol. The SMILES string of the molecule is Fc1ccc(CC(c2nncn2Cc2ccccc2)N2CCCN(C3CCCC3)CC2)cc1. The Hall–Kier alpha value is -2.57. The van der Waals surface area contributed by atoms with E-state index in [1.807, 2.05) is 24.5 Å². The van der Waals surface area contributed by atoms with Crippen molar-refractivity contribution in [3.8, 4) is 0 Å². The van der Waals surface area contributed by atoms with Crippen LogP contribution in [-0.4, -0.2) is 56.8 Å². The predicted octanol–water partition coefficient (Wildman–Crippen LogP) is 4.70. The van der Waals surface area contributed by atoms with Crippen LogP contribution >= 0.6 is 0 Å². The molecule has 1 aliphatic carbocycles. The predicted molar refractivity (Wildman–Crippen MR) is 128 cm³/mol. The van der Waals surface area contributed by atoms with Gasteiger partial charge in [0.25, 0.3) is 0 Å². The first kappa shape index (κ1) is 22.2. The summed E-state index contributed by atoms with van der Waals surface area (Å²) in [7, 11) is 0. The molecule has 0 N–H and O–H groups in total. The highest BCUT2D eigenvalue weighted by Gasteiger charge is 2.30. The standard InChI is InChI=1S/C27H34FN5/c28-24-13-11-22(12-14-24)19-26(27-30-29-21-33(27)20-23-7-2-1-3-8-23)32-16-6-15-31(17-18-32)25-9-4-5-10-25/h1-3,7-8,11-14,21,25-26H,4-6,9-10,15-20H2. The minimum absolute atomic E-state index is 0.116. The van der Waals surface area contributed by atoms with Gasteiger partial charge in [-0.2, -0.15) is 0 Å². The highest BCUT2D eigenvalue weighted by atomic mass is 19.1. The lowest BCUT2D eigenvalue weighted by Gasteiger charge is -2.31. The number of aromatic nitrogens is 3. The van der Waals surface area contributed by atoms with Crippen molar-refractivity contribution in [2.75, 3.05) is 26.2 Å². The van der Waals surface area contributed by atoms with Crippen LogP contribution in [-0.2, 0) is 13.0 Å². The fourth-order valence-electron chi connectivity index (χ4n) is 5.55. The molecule has 5 nitrogen and oxygen atoms in total. The highest BCUT2D eigenvalue weighted by molar-refractivity contribution is 5.20. The molecule has 0 spiro atoms. The molecule has 0 amide bonds. The van der Waals surface area contributed by atoms with E-state index in [9.17, 15) is 4.39 Å². The molecule has 6 heteroatoms. The quantitative estimate of drug-likeness (QED) is 0.526. The van der Waals surface area contributed by atoms with E-state index in [0.717, 1.165) is 50.0 Å². The number of rotatable bonds is 7. The minimum atomic E-state index is -0.190. The summed E-state index contributed by atoms with van der Waals surface area (Å²) in [5.41, 5.74) is 2.37. The zero-order valence-electron chi connectivity index (χ0n) is 19.3. The number of hydrogen-bond donors (Lipinski definition) is 0. The maximum Gasteiger partial charge on any atom is 0.150 e. The molecular formula is C27H34FN5. The second-order valence-electron chi connectivity index (χ2n) is 9.51. The van der Waals surface area contributed by atoms with Gasteiger partial charge >= 0.3 is 0 Å². The van der Waals surface area contributed by atoms with E-state index in [2.05, 4.69) is 48.8 Å². The van der Waals surface area contributed by atoms with Crippen LogP contribution in [0.5, 0.6) is 0 Å². The van der Waals surface area contributed by atoms with Crippen molar-refractivity contribution in [3.05, 3.63) is 83.7 Å². The van der Waals surface area contributed by atoms with Crippen molar-refractivity contribution in [2.45, 2.75) is 57.2 Å². The Labute approximate surface area is 196 Å². The number of hydrogen-bond acceptors (Lipinski definition) is 4. The summed E-state index contributed by atoms with van der Waals surface area (Å²) in [6.45, 7) is 5.12. The molecule has 3 aromatic rings. The van der Waals surface area contributed by atoms with Crippen molar-refractivity contribution in [1.82, 2.24) is 24.6 Å². The molecule has 0 radical (unpaired) electrons. The second-order valence-corrected chi connectivity index (χ2v) is 9.51.